The summed E-state index contributed by atoms with van der Waals surface area (Å²) in [4.78, 5) is 2.49. The van der Waals surface area contributed by atoms with Gasteiger partial charge < -0.3 is 24.6 Å². The standard InChI is InChI=1S/C29H29FN2O4/c30-18-10-16-2-1-8-32-23(16)21(25(18)34)17-12-29(35)20-11-15-5-6-19(33)26-22(15)28(29,27(36-26)24(17)32)7-9-31(20)13-14-3-4-14/h5-6,10,14,20,27,33-35H,1-4,7-9,11-13H2/t20-,27+,28+,29-/m1/s1. The monoisotopic (exact) mass is 488 g/mol. The van der Waals surface area contributed by atoms with Crippen LogP contribution in [0.1, 0.15) is 59.7 Å². The number of ether oxygens (including phenoxy) is 1. The van der Waals surface area contributed by atoms with Gasteiger partial charge >= 0.3 is 0 Å². The number of hydrogen-bond donors (Lipinski definition) is 3. The summed E-state index contributed by atoms with van der Waals surface area (Å²) in [6.07, 6.45) is 5.46. The van der Waals surface area contributed by atoms with Crippen molar-refractivity contribution in [2.45, 2.75) is 74.7 Å². The molecule has 1 spiro atoms. The van der Waals surface area contributed by atoms with E-state index in [4.69, 9.17) is 4.74 Å². The van der Waals surface area contributed by atoms with Gasteiger partial charge in [-0.2, -0.15) is 0 Å². The number of phenols is 2. The van der Waals surface area contributed by atoms with E-state index in [0.717, 1.165) is 72.4 Å². The second kappa shape index (κ2) is 6.20. The Morgan fingerprint density at radius 2 is 2.00 bits per heavy atom. The fraction of sp³-hybridized carbons (Fsp3) is 0.517. The predicted octanol–water partition coefficient (Wildman–Crippen LogP) is 3.84. The van der Waals surface area contributed by atoms with E-state index >= 15 is 0 Å². The van der Waals surface area contributed by atoms with E-state index < -0.39 is 22.9 Å². The fourth-order valence-corrected chi connectivity index (χ4v) is 8.94. The third-order valence-electron chi connectivity index (χ3n) is 10.5. The maximum atomic E-state index is 15.0. The van der Waals surface area contributed by atoms with Gasteiger partial charge in [-0.25, -0.2) is 4.39 Å². The van der Waals surface area contributed by atoms with Crippen LogP contribution < -0.4 is 4.74 Å². The highest BCUT2D eigenvalue weighted by Gasteiger charge is 2.73. The number of aromatic nitrogens is 1. The molecule has 186 valence electrons. The summed E-state index contributed by atoms with van der Waals surface area (Å²) in [7, 11) is 0. The Morgan fingerprint density at radius 3 is 2.83 bits per heavy atom. The number of nitrogens with zero attached hydrogens (tertiary/aromatic N) is 2. The van der Waals surface area contributed by atoms with Crippen molar-refractivity contribution in [2.24, 2.45) is 5.92 Å². The van der Waals surface area contributed by atoms with Gasteiger partial charge in [0.15, 0.2) is 29.2 Å². The maximum absolute atomic E-state index is 15.0. The lowest BCUT2D eigenvalue weighted by atomic mass is 9.49. The first-order valence-electron chi connectivity index (χ1n) is 13.5. The molecule has 9 rings (SSSR count). The third-order valence-corrected chi connectivity index (χ3v) is 10.5. The molecular formula is C29H29FN2O4. The van der Waals surface area contributed by atoms with Crippen molar-refractivity contribution >= 4 is 10.9 Å². The molecule has 3 aliphatic carbocycles. The molecule has 2 bridgehead atoms. The molecule has 0 radical (unpaired) electrons. The van der Waals surface area contributed by atoms with E-state index in [0.29, 0.717) is 29.9 Å². The van der Waals surface area contributed by atoms with E-state index in [-0.39, 0.29) is 17.5 Å². The van der Waals surface area contributed by atoms with E-state index in [1.807, 2.05) is 6.07 Å². The topological polar surface area (TPSA) is 78.1 Å². The Morgan fingerprint density at radius 1 is 1.14 bits per heavy atom. The minimum Gasteiger partial charge on any atom is -0.504 e. The van der Waals surface area contributed by atoms with Gasteiger partial charge in [0.2, 0.25) is 0 Å². The first kappa shape index (κ1) is 20.3. The first-order chi connectivity index (χ1) is 17.4. The summed E-state index contributed by atoms with van der Waals surface area (Å²) in [5, 5.41) is 35.4. The zero-order chi connectivity index (χ0) is 24.1. The zero-order valence-corrected chi connectivity index (χ0v) is 20.1. The van der Waals surface area contributed by atoms with Crippen molar-refractivity contribution in [1.29, 1.82) is 0 Å². The van der Waals surface area contributed by atoms with Crippen LogP contribution in [0.25, 0.3) is 10.9 Å². The molecule has 2 aromatic carbocycles. The maximum Gasteiger partial charge on any atom is 0.166 e. The number of aromatic hydroxyl groups is 2. The van der Waals surface area contributed by atoms with Crippen LogP contribution in [0.2, 0.25) is 0 Å². The minimum atomic E-state index is -1.14. The molecule has 4 atom stereocenters. The van der Waals surface area contributed by atoms with Gasteiger partial charge in [0.1, 0.15) is 0 Å². The van der Waals surface area contributed by atoms with E-state index in [1.54, 1.807) is 6.07 Å². The van der Waals surface area contributed by atoms with E-state index in [9.17, 15) is 19.7 Å². The Bertz CT molecular complexity index is 1530. The van der Waals surface area contributed by atoms with Crippen LogP contribution in [-0.4, -0.2) is 49.5 Å². The highest BCUT2D eigenvalue weighted by molar-refractivity contribution is 5.95. The normalized spacial score (nSPS) is 33.4. The number of aliphatic hydroxyl groups is 1. The van der Waals surface area contributed by atoms with Crippen LogP contribution in [-0.2, 0) is 31.2 Å². The largest absolute Gasteiger partial charge is 0.504 e. The molecule has 1 saturated heterocycles. The molecule has 3 aliphatic heterocycles. The lowest BCUT2D eigenvalue weighted by molar-refractivity contribution is -0.173. The van der Waals surface area contributed by atoms with Crippen LogP contribution in [0.15, 0.2) is 18.2 Å². The van der Waals surface area contributed by atoms with Crippen LogP contribution in [0.3, 0.4) is 0 Å². The van der Waals surface area contributed by atoms with E-state index in [2.05, 4.69) is 9.47 Å². The molecule has 0 unspecified atom stereocenters. The number of likely N-dealkylation sites (tertiary alicyclic amines) is 1. The van der Waals surface area contributed by atoms with Gasteiger partial charge in [-0.1, -0.05) is 6.07 Å². The Labute approximate surface area is 207 Å². The number of fused-ring (bicyclic) bond motifs is 4. The Hall–Kier alpha value is -2.77. The van der Waals surface area contributed by atoms with Crippen molar-refractivity contribution in [3.63, 3.8) is 0 Å². The Balaban J connectivity index is 1.38. The first-order valence-corrected chi connectivity index (χ1v) is 13.5. The smallest absolute Gasteiger partial charge is 0.166 e. The number of aryl methyl sites for hydroxylation is 2. The predicted molar refractivity (Wildman–Crippen MR) is 130 cm³/mol. The summed E-state index contributed by atoms with van der Waals surface area (Å²) in [6, 6.07) is 5.13. The van der Waals surface area contributed by atoms with Crippen LogP contribution in [0.5, 0.6) is 17.2 Å². The van der Waals surface area contributed by atoms with Crippen molar-refractivity contribution < 1.29 is 24.4 Å². The van der Waals surface area contributed by atoms with Gasteiger partial charge in [0.25, 0.3) is 0 Å². The molecule has 3 aromatic rings. The van der Waals surface area contributed by atoms with Crippen molar-refractivity contribution in [2.75, 3.05) is 13.1 Å². The fourth-order valence-electron chi connectivity index (χ4n) is 8.94. The van der Waals surface area contributed by atoms with Crippen LogP contribution >= 0.6 is 0 Å². The zero-order valence-electron chi connectivity index (χ0n) is 20.1. The van der Waals surface area contributed by atoms with Crippen molar-refractivity contribution in [1.82, 2.24) is 9.47 Å². The van der Waals surface area contributed by atoms with Crippen molar-refractivity contribution in [3.05, 3.63) is 52.0 Å². The molecule has 36 heavy (non-hydrogen) atoms. The lowest BCUT2D eigenvalue weighted by Gasteiger charge is -2.63. The average Bonchev–Trinajstić information content (AvgIpc) is 3.51. The van der Waals surface area contributed by atoms with Crippen molar-refractivity contribution in [3.8, 4) is 17.2 Å². The number of rotatable bonds is 2. The van der Waals surface area contributed by atoms with Gasteiger partial charge in [-0.15, -0.1) is 0 Å². The molecule has 7 heteroatoms. The number of phenolic OH excluding ortho intramolecular Hbond substituents is 2. The molecule has 6 aliphatic rings. The highest BCUT2D eigenvalue weighted by atomic mass is 19.1. The average molecular weight is 489 g/mol. The molecule has 6 nitrogen and oxygen atoms in total. The van der Waals surface area contributed by atoms with Gasteiger partial charge in [0, 0.05) is 36.5 Å². The highest BCUT2D eigenvalue weighted by Crippen LogP contribution is 2.69. The SMILES string of the molecule is Oc1ccc2c3c1O[C@H]1c4c(c5c(O)c(F)cc6c5n4CCC6)C[C@@]4(O)[C@@H](C2)N(CC2CC2)CC[C@]314. The second-order valence-electron chi connectivity index (χ2n) is 12.1. The van der Waals surface area contributed by atoms with Crippen LogP contribution in [0.4, 0.5) is 4.39 Å². The quantitative estimate of drug-likeness (QED) is 0.511. The number of piperidine rings is 1. The minimum absolute atomic E-state index is 0.0900. The number of hydrogen-bond acceptors (Lipinski definition) is 5. The van der Waals surface area contributed by atoms with E-state index in [1.165, 1.54) is 18.9 Å². The van der Waals surface area contributed by atoms with Gasteiger partial charge in [0.05, 0.1) is 22.2 Å². The molecule has 4 heterocycles. The summed E-state index contributed by atoms with van der Waals surface area (Å²) in [6.45, 7) is 2.65. The summed E-state index contributed by atoms with van der Waals surface area (Å²) >= 11 is 0. The molecule has 0 amide bonds. The summed E-state index contributed by atoms with van der Waals surface area (Å²) in [5.41, 5.74) is 3.89. The number of benzene rings is 2. The molecular weight excluding hydrogens is 459 g/mol. The van der Waals surface area contributed by atoms with Gasteiger partial charge in [-0.3, -0.25) is 4.90 Å². The molecule has 3 N–H and O–H groups in total. The second-order valence-corrected chi connectivity index (χ2v) is 12.1. The summed E-state index contributed by atoms with van der Waals surface area (Å²) in [5.74, 6) is 0.402. The third kappa shape index (κ3) is 2.08. The molecule has 1 aromatic heterocycles. The van der Waals surface area contributed by atoms with Crippen LogP contribution in [0, 0.1) is 11.7 Å². The molecule has 1 saturated carbocycles. The Kier molecular flexibility index (Phi) is 3.49. The van der Waals surface area contributed by atoms with Gasteiger partial charge in [-0.05, 0) is 79.8 Å². The lowest BCUT2D eigenvalue weighted by Crippen LogP contribution is -2.74. The molecule has 2 fully saturated rings. The number of halogens is 1. The summed E-state index contributed by atoms with van der Waals surface area (Å²) < 4.78 is 23.9.